The highest BCUT2D eigenvalue weighted by atomic mass is 35.5. The number of allylic oxidation sites excluding steroid dienone is 1. The third kappa shape index (κ3) is 4.07. The van der Waals surface area contributed by atoms with Crippen LogP contribution in [0.1, 0.15) is 53.0 Å². The first-order valence-electron chi connectivity index (χ1n) is 9.14. The van der Waals surface area contributed by atoms with Gasteiger partial charge in [-0.05, 0) is 65.2 Å². The summed E-state index contributed by atoms with van der Waals surface area (Å²) in [6, 6.07) is 7.89. The maximum absolute atomic E-state index is 12.7. The van der Waals surface area contributed by atoms with E-state index in [4.69, 9.17) is 21.1 Å². The fourth-order valence-electron chi connectivity index (χ4n) is 3.40. The Morgan fingerprint density at radius 1 is 1.27 bits per heavy atom. The van der Waals surface area contributed by atoms with Gasteiger partial charge in [-0.2, -0.15) is 0 Å². The van der Waals surface area contributed by atoms with Crippen LogP contribution >= 0.6 is 11.6 Å². The van der Waals surface area contributed by atoms with Crippen LogP contribution in [0.15, 0.2) is 36.4 Å². The molecule has 3 rings (SSSR count). The smallest absolute Gasteiger partial charge is 0.413 e. The first-order valence-corrected chi connectivity index (χ1v) is 9.52. The lowest BCUT2D eigenvalue weighted by molar-refractivity contribution is -0.0610. The van der Waals surface area contributed by atoms with E-state index in [0.717, 1.165) is 17.9 Å². The zero-order valence-corrected chi connectivity index (χ0v) is 17.0. The zero-order valence-electron chi connectivity index (χ0n) is 16.2. The van der Waals surface area contributed by atoms with Crippen LogP contribution in [0.25, 0.3) is 0 Å². The Kier molecular flexibility index (Phi) is 4.87. The highest BCUT2D eigenvalue weighted by Crippen LogP contribution is 2.50. The Bertz CT molecular complexity index is 699. The molecule has 2 fully saturated rings. The topological polar surface area (TPSA) is 38.8 Å². The van der Waals surface area contributed by atoms with Gasteiger partial charge >= 0.3 is 6.09 Å². The molecule has 0 bridgehead atoms. The van der Waals surface area contributed by atoms with Gasteiger partial charge in [0.25, 0.3) is 0 Å². The fraction of sp³-hybridized carbons (Fsp3) is 0.571. The summed E-state index contributed by atoms with van der Waals surface area (Å²) >= 11 is 6.01. The molecule has 1 saturated heterocycles. The average Bonchev–Trinajstić information content (AvgIpc) is 3.23. The minimum absolute atomic E-state index is 0.0525. The lowest BCUT2D eigenvalue weighted by atomic mass is 9.95. The van der Waals surface area contributed by atoms with E-state index in [1.165, 1.54) is 5.56 Å². The number of hydrogen-bond acceptors (Lipinski definition) is 3. The van der Waals surface area contributed by atoms with Gasteiger partial charge in [0.2, 0.25) is 0 Å². The van der Waals surface area contributed by atoms with Crippen molar-refractivity contribution < 1.29 is 14.3 Å². The van der Waals surface area contributed by atoms with Gasteiger partial charge in [0.15, 0.2) is 0 Å². The van der Waals surface area contributed by atoms with Gasteiger partial charge in [-0.25, -0.2) is 4.79 Å². The van der Waals surface area contributed by atoms with Gasteiger partial charge in [0, 0.05) is 10.4 Å². The van der Waals surface area contributed by atoms with E-state index in [2.05, 4.69) is 24.3 Å². The number of carbonyl (C=O) groups is 1. The van der Waals surface area contributed by atoms with Gasteiger partial charge in [-0.15, -0.1) is 0 Å². The van der Waals surface area contributed by atoms with Gasteiger partial charge in [0.05, 0.1) is 12.6 Å². The largest absolute Gasteiger partial charge is 0.444 e. The van der Waals surface area contributed by atoms with Gasteiger partial charge in [0.1, 0.15) is 11.3 Å². The van der Waals surface area contributed by atoms with Crippen molar-refractivity contribution >= 4 is 17.7 Å². The van der Waals surface area contributed by atoms with E-state index in [-0.39, 0.29) is 17.6 Å². The van der Waals surface area contributed by atoms with Crippen molar-refractivity contribution in [2.45, 2.75) is 70.2 Å². The molecule has 0 radical (unpaired) electrons. The molecule has 1 aromatic carbocycles. The minimum Gasteiger partial charge on any atom is -0.444 e. The standard InChI is InChI=1S/C21H28ClNO3/c1-19(2,3)26-18(24)23-17(14-25-20(23,4)5)10-11-21(12-13-21)15-6-8-16(22)9-7-15/h6-11,17H,12-14H2,1-5H3/t17-/m0/s1. The van der Waals surface area contributed by atoms with Crippen molar-refractivity contribution in [1.29, 1.82) is 0 Å². The molecule has 26 heavy (non-hydrogen) atoms. The molecule has 0 aromatic heterocycles. The van der Waals surface area contributed by atoms with Crippen LogP contribution in [0.2, 0.25) is 5.02 Å². The molecule has 1 atom stereocenters. The van der Waals surface area contributed by atoms with Crippen LogP contribution < -0.4 is 0 Å². The molecular weight excluding hydrogens is 350 g/mol. The normalized spacial score (nSPS) is 24.1. The van der Waals surface area contributed by atoms with Gasteiger partial charge < -0.3 is 9.47 Å². The second kappa shape index (κ2) is 6.58. The van der Waals surface area contributed by atoms with E-state index in [9.17, 15) is 4.79 Å². The lowest BCUT2D eigenvalue weighted by Gasteiger charge is -2.34. The number of halogens is 1. The molecule has 0 N–H and O–H groups in total. The highest BCUT2D eigenvalue weighted by Gasteiger charge is 2.46. The molecular formula is C21H28ClNO3. The predicted octanol–water partition coefficient (Wildman–Crippen LogP) is 5.30. The number of hydrogen-bond donors (Lipinski definition) is 0. The molecule has 1 aromatic rings. The first kappa shape index (κ1) is 19.2. The molecule has 0 spiro atoms. The SMILES string of the molecule is CC(C)(C)OC(=O)N1[C@@H](C=CC2(c3ccc(Cl)cc3)CC2)COC1(C)C. The predicted molar refractivity (Wildman–Crippen MR) is 103 cm³/mol. The molecule has 2 aliphatic rings. The van der Waals surface area contributed by atoms with Crippen molar-refractivity contribution in [2.75, 3.05) is 6.61 Å². The Hall–Kier alpha value is -1.52. The quantitative estimate of drug-likeness (QED) is 0.671. The van der Waals surface area contributed by atoms with Crippen molar-refractivity contribution in [1.82, 2.24) is 4.90 Å². The summed E-state index contributed by atoms with van der Waals surface area (Å²) in [4.78, 5) is 14.4. The maximum atomic E-state index is 12.7. The monoisotopic (exact) mass is 377 g/mol. The number of rotatable bonds is 3. The Balaban J connectivity index is 1.78. The molecule has 4 nitrogen and oxygen atoms in total. The summed E-state index contributed by atoms with van der Waals surface area (Å²) < 4.78 is 11.5. The third-order valence-corrected chi connectivity index (χ3v) is 5.21. The Morgan fingerprint density at radius 2 is 1.88 bits per heavy atom. The Morgan fingerprint density at radius 3 is 2.42 bits per heavy atom. The molecule has 1 heterocycles. The summed E-state index contributed by atoms with van der Waals surface area (Å²) in [7, 11) is 0. The number of benzene rings is 1. The van der Waals surface area contributed by atoms with E-state index in [1.807, 2.05) is 46.8 Å². The summed E-state index contributed by atoms with van der Waals surface area (Å²) in [5.41, 5.74) is 0.0937. The van der Waals surface area contributed by atoms with Crippen LogP contribution in [0, 0.1) is 0 Å². The third-order valence-electron chi connectivity index (χ3n) is 4.95. The van der Waals surface area contributed by atoms with Gasteiger partial charge in [-0.3, -0.25) is 4.90 Å². The number of amides is 1. The lowest BCUT2D eigenvalue weighted by Crippen LogP contribution is -2.49. The molecule has 142 valence electrons. The van der Waals surface area contributed by atoms with Crippen LogP contribution in [0.4, 0.5) is 4.79 Å². The summed E-state index contributed by atoms with van der Waals surface area (Å²) in [5, 5.41) is 0.746. The Labute approximate surface area is 161 Å². The second-order valence-electron chi connectivity index (χ2n) is 8.70. The van der Waals surface area contributed by atoms with Crippen molar-refractivity contribution in [3.8, 4) is 0 Å². The van der Waals surface area contributed by atoms with E-state index in [0.29, 0.717) is 6.61 Å². The molecule has 5 heteroatoms. The van der Waals surface area contributed by atoms with Crippen LogP contribution in [0.3, 0.4) is 0 Å². The highest BCUT2D eigenvalue weighted by molar-refractivity contribution is 6.30. The summed E-state index contributed by atoms with van der Waals surface area (Å²) in [6.07, 6.45) is 6.19. The zero-order chi connectivity index (χ0) is 19.2. The summed E-state index contributed by atoms with van der Waals surface area (Å²) in [6.45, 7) is 9.89. The molecule has 1 aliphatic carbocycles. The molecule has 1 aliphatic heterocycles. The second-order valence-corrected chi connectivity index (χ2v) is 9.13. The summed E-state index contributed by atoms with van der Waals surface area (Å²) in [5.74, 6) is 0. The first-order chi connectivity index (χ1) is 12.0. The molecule has 1 saturated carbocycles. The van der Waals surface area contributed by atoms with Crippen LogP contribution in [-0.4, -0.2) is 35.0 Å². The van der Waals surface area contributed by atoms with E-state index < -0.39 is 11.3 Å². The number of ether oxygens (including phenoxy) is 2. The average molecular weight is 378 g/mol. The minimum atomic E-state index is -0.686. The molecule has 0 unspecified atom stereocenters. The van der Waals surface area contributed by atoms with E-state index >= 15 is 0 Å². The van der Waals surface area contributed by atoms with Crippen molar-refractivity contribution in [3.63, 3.8) is 0 Å². The molecule has 1 amide bonds. The van der Waals surface area contributed by atoms with Crippen molar-refractivity contribution in [2.24, 2.45) is 0 Å². The maximum Gasteiger partial charge on any atom is 0.413 e. The van der Waals surface area contributed by atoms with Crippen LogP contribution in [0.5, 0.6) is 0 Å². The van der Waals surface area contributed by atoms with E-state index in [1.54, 1.807) is 4.90 Å². The number of nitrogens with zero attached hydrogens (tertiary/aromatic N) is 1. The fourth-order valence-corrected chi connectivity index (χ4v) is 3.53. The van der Waals surface area contributed by atoms with Crippen molar-refractivity contribution in [3.05, 3.63) is 47.0 Å². The van der Waals surface area contributed by atoms with Gasteiger partial charge in [-0.1, -0.05) is 35.9 Å². The number of carbonyl (C=O) groups excluding carboxylic acids is 1. The van der Waals surface area contributed by atoms with Crippen LogP contribution in [-0.2, 0) is 14.9 Å².